The summed E-state index contributed by atoms with van der Waals surface area (Å²) in [6.45, 7) is 1.97. The highest BCUT2D eigenvalue weighted by molar-refractivity contribution is 6.03. The zero-order chi connectivity index (χ0) is 13.7. The van der Waals surface area contributed by atoms with Crippen molar-refractivity contribution in [2.45, 2.75) is 6.04 Å². The van der Waals surface area contributed by atoms with Crippen LogP contribution in [-0.4, -0.2) is 30.1 Å². The van der Waals surface area contributed by atoms with Crippen molar-refractivity contribution in [1.29, 1.82) is 0 Å². The Hall–Kier alpha value is -2.07. The van der Waals surface area contributed by atoms with E-state index in [2.05, 4.69) is 10.6 Å². The minimum Gasteiger partial charge on any atom is -0.506 e. The lowest BCUT2D eigenvalue weighted by Gasteiger charge is -2.10. The molecule has 4 heteroatoms. The zero-order valence-corrected chi connectivity index (χ0v) is 11.0. The Bertz CT molecular complexity index is 688. The lowest BCUT2D eigenvalue weighted by molar-refractivity contribution is 0.0944. The lowest BCUT2D eigenvalue weighted by Crippen LogP contribution is -2.32. The number of carbonyl (C=O) groups is 1. The molecule has 2 unspecified atom stereocenters. The van der Waals surface area contributed by atoms with Gasteiger partial charge in [-0.25, -0.2) is 0 Å². The number of amides is 1. The Morgan fingerprint density at radius 1 is 1.15 bits per heavy atom. The number of hydrogen-bond donors (Lipinski definition) is 3. The Labute approximate surface area is 116 Å². The summed E-state index contributed by atoms with van der Waals surface area (Å²) >= 11 is 0. The van der Waals surface area contributed by atoms with E-state index in [-0.39, 0.29) is 17.7 Å². The molecule has 2 aromatic rings. The first-order valence-corrected chi connectivity index (χ1v) is 6.98. The molecule has 102 valence electrons. The van der Waals surface area contributed by atoms with E-state index >= 15 is 0 Å². The van der Waals surface area contributed by atoms with Crippen LogP contribution in [0.2, 0.25) is 0 Å². The molecule has 2 aliphatic rings. The maximum Gasteiger partial charge on any atom is 0.255 e. The van der Waals surface area contributed by atoms with Crippen LogP contribution in [0.1, 0.15) is 10.4 Å². The van der Waals surface area contributed by atoms with Gasteiger partial charge in [-0.3, -0.25) is 4.79 Å². The third kappa shape index (κ3) is 1.68. The largest absolute Gasteiger partial charge is 0.506 e. The summed E-state index contributed by atoms with van der Waals surface area (Å²) in [5, 5.41) is 18.3. The van der Waals surface area contributed by atoms with Crippen LogP contribution < -0.4 is 10.6 Å². The van der Waals surface area contributed by atoms with E-state index in [1.807, 2.05) is 30.3 Å². The smallest absolute Gasteiger partial charge is 0.255 e. The Morgan fingerprint density at radius 2 is 1.90 bits per heavy atom. The van der Waals surface area contributed by atoms with E-state index in [0.29, 0.717) is 17.4 Å². The van der Waals surface area contributed by atoms with Gasteiger partial charge in [0.2, 0.25) is 0 Å². The van der Waals surface area contributed by atoms with Gasteiger partial charge in [0.25, 0.3) is 5.91 Å². The first-order valence-electron chi connectivity index (χ1n) is 6.98. The molecule has 1 saturated carbocycles. The summed E-state index contributed by atoms with van der Waals surface area (Å²) in [7, 11) is 0. The van der Waals surface area contributed by atoms with E-state index < -0.39 is 0 Å². The molecule has 1 saturated heterocycles. The number of rotatable bonds is 2. The Balaban J connectivity index is 1.61. The quantitative estimate of drug-likeness (QED) is 0.773. The standard InChI is InChI=1S/C16H16N2O2/c19-15-10-4-2-1-3-9(10)5-6-11(15)16(20)18-14-12-7-17-8-13(12)14/h1-6,12-14,17,19H,7-8H2,(H,18,20). The highest BCUT2D eigenvalue weighted by atomic mass is 16.3. The van der Waals surface area contributed by atoms with Crippen molar-refractivity contribution >= 4 is 16.7 Å². The van der Waals surface area contributed by atoms with Gasteiger partial charge in [-0.2, -0.15) is 0 Å². The molecule has 0 aromatic heterocycles. The van der Waals surface area contributed by atoms with Crippen LogP contribution in [0.25, 0.3) is 10.8 Å². The molecular formula is C16H16N2O2. The van der Waals surface area contributed by atoms with Gasteiger partial charge < -0.3 is 15.7 Å². The van der Waals surface area contributed by atoms with Crippen molar-refractivity contribution in [2.75, 3.05) is 13.1 Å². The summed E-state index contributed by atoms with van der Waals surface area (Å²) in [4.78, 5) is 12.3. The van der Waals surface area contributed by atoms with E-state index in [4.69, 9.17) is 0 Å². The molecule has 2 atom stereocenters. The predicted molar refractivity (Wildman–Crippen MR) is 76.7 cm³/mol. The first kappa shape index (κ1) is 11.7. The summed E-state index contributed by atoms with van der Waals surface area (Å²) in [6.07, 6.45) is 0. The van der Waals surface area contributed by atoms with Gasteiger partial charge in [0.1, 0.15) is 5.75 Å². The van der Waals surface area contributed by atoms with Crippen LogP contribution in [0.15, 0.2) is 36.4 Å². The van der Waals surface area contributed by atoms with Gasteiger partial charge in [-0.05, 0) is 23.3 Å². The molecule has 0 bridgehead atoms. The van der Waals surface area contributed by atoms with Gasteiger partial charge in [0.05, 0.1) is 5.56 Å². The second-order valence-corrected chi connectivity index (χ2v) is 5.67. The fourth-order valence-corrected chi connectivity index (χ4v) is 3.30. The Kier molecular flexibility index (Phi) is 2.47. The van der Waals surface area contributed by atoms with Crippen LogP contribution in [0, 0.1) is 11.8 Å². The number of aromatic hydroxyl groups is 1. The van der Waals surface area contributed by atoms with Crippen molar-refractivity contribution in [2.24, 2.45) is 11.8 Å². The van der Waals surface area contributed by atoms with Crippen molar-refractivity contribution in [3.05, 3.63) is 42.0 Å². The molecule has 1 amide bonds. The molecule has 1 aliphatic heterocycles. The minimum atomic E-state index is -0.173. The van der Waals surface area contributed by atoms with Gasteiger partial charge >= 0.3 is 0 Å². The number of nitrogens with one attached hydrogen (secondary N) is 2. The molecule has 4 nitrogen and oxygen atoms in total. The van der Waals surface area contributed by atoms with Crippen LogP contribution in [0.4, 0.5) is 0 Å². The van der Waals surface area contributed by atoms with Gasteiger partial charge in [-0.15, -0.1) is 0 Å². The fraction of sp³-hybridized carbons (Fsp3) is 0.312. The molecule has 2 fully saturated rings. The fourth-order valence-electron chi connectivity index (χ4n) is 3.30. The second kappa shape index (κ2) is 4.21. The monoisotopic (exact) mass is 268 g/mol. The maximum absolute atomic E-state index is 12.3. The highest BCUT2D eigenvalue weighted by Crippen LogP contribution is 2.42. The molecule has 2 aromatic carbocycles. The molecule has 3 N–H and O–H groups in total. The van der Waals surface area contributed by atoms with Gasteiger partial charge in [0.15, 0.2) is 0 Å². The summed E-state index contributed by atoms with van der Waals surface area (Å²) in [5.41, 5.74) is 0.363. The number of phenolic OH excluding ortho intramolecular Hbond substituents is 1. The number of carbonyl (C=O) groups excluding carboxylic acids is 1. The first-order chi connectivity index (χ1) is 9.75. The molecule has 0 radical (unpaired) electrons. The number of fused-ring (bicyclic) bond motifs is 2. The third-order valence-corrected chi connectivity index (χ3v) is 4.53. The molecule has 1 heterocycles. The van der Waals surface area contributed by atoms with Crippen LogP contribution in [0.3, 0.4) is 0 Å². The maximum atomic E-state index is 12.3. The lowest BCUT2D eigenvalue weighted by atomic mass is 10.0. The summed E-state index contributed by atoms with van der Waals surface area (Å²) < 4.78 is 0. The highest BCUT2D eigenvalue weighted by Gasteiger charge is 2.53. The SMILES string of the molecule is O=C(NC1C2CNCC21)c1ccc2ccccc2c1O. The Morgan fingerprint density at radius 3 is 2.70 bits per heavy atom. The molecule has 4 rings (SSSR count). The van der Waals surface area contributed by atoms with Crippen LogP contribution in [-0.2, 0) is 0 Å². The van der Waals surface area contributed by atoms with E-state index in [9.17, 15) is 9.90 Å². The zero-order valence-electron chi connectivity index (χ0n) is 11.0. The molecule has 1 aliphatic carbocycles. The average molecular weight is 268 g/mol. The number of piperidine rings is 1. The normalized spacial score (nSPS) is 27.3. The van der Waals surface area contributed by atoms with Crippen LogP contribution >= 0.6 is 0 Å². The van der Waals surface area contributed by atoms with Crippen molar-refractivity contribution < 1.29 is 9.90 Å². The van der Waals surface area contributed by atoms with Gasteiger partial charge in [0, 0.05) is 24.5 Å². The third-order valence-electron chi connectivity index (χ3n) is 4.53. The van der Waals surface area contributed by atoms with Crippen molar-refractivity contribution in [3.63, 3.8) is 0 Å². The second-order valence-electron chi connectivity index (χ2n) is 5.67. The summed E-state index contributed by atoms with van der Waals surface area (Å²) in [6, 6.07) is 11.4. The van der Waals surface area contributed by atoms with E-state index in [1.165, 1.54) is 0 Å². The number of benzene rings is 2. The van der Waals surface area contributed by atoms with Crippen molar-refractivity contribution in [3.8, 4) is 5.75 Å². The predicted octanol–water partition coefficient (Wildman–Crippen LogP) is 1.49. The van der Waals surface area contributed by atoms with E-state index in [1.54, 1.807) is 6.07 Å². The van der Waals surface area contributed by atoms with E-state index in [0.717, 1.165) is 23.9 Å². The topological polar surface area (TPSA) is 61.4 Å². The summed E-state index contributed by atoms with van der Waals surface area (Å²) in [5.74, 6) is 1.04. The molecular weight excluding hydrogens is 252 g/mol. The van der Waals surface area contributed by atoms with Crippen molar-refractivity contribution in [1.82, 2.24) is 10.6 Å². The minimum absolute atomic E-state index is 0.0736. The number of phenols is 1. The number of hydrogen-bond acceptors (Lipinski definition) is 3. The van der Waals surface area contributed by atoms with Gasteiger partial charge in [-0.1, -0.05) is 30.3 Å². The average Bonchev–Trinajstić information content (AvgIpc) is 2.89. The van der Waals surface area contributed by atoms with Crippen LogP contribution in [0.5, 0.6) is 5.75 Å². The molecule has 20 heavy (non-hydrogen) atoms. The molecule has 0 spiro atoms.